The zero-order valence-electron chi connectivity index (χ0n) is 11.7. The van der Waals surface area contributed by atoms with Gasteiger partial charge in [-0.1, -0.05) is 48.6 Å². The molecule has 0 bridgehead atoms. The van der Waals surface area contributed by atoms with Crippen molar-refractivity contribution >= 4 is 28.0 Å². The Hall–Kier alpha value is -2.39. The van der Waals surface area contributed by atoms with Gasteiger partial charge in [-0.2, -0.15) is 0 Å². The third-order valence-electron chi connectivity index (χ3n) is 3.44. The van der Waals surface area contributed by atoms with E-state index in [9.17, 15) is 0 Å². The van der Waals surface area contributed by atoms with Gasteiger partial charge in [0.15, 0.2) is 0 Å². The topological polar surface area (TPSA) is 35.2 Å². The fourth-order valence-electron chi connectivity index (χ4n) is 2.39. The van der Waals surface area contributed by atoms with E-state index in [1.165, 1.54) is 0 Å². The quantitative estimate of drug-likeness (QED) is 0.718. The van der Waals surface area contributed by atoms with E-state index < -0.39 is 0 Å². The van der Waals surface area contributed by atoms with Crippen LogP contribution in [-0.2, 0) is 0 Å². The molecule has 0 unspecified atom stereocenters. The monoisotopic (exact) mass is 293 g/mol. The third kappa shape index (κ3) is 2.73. The first-order valence-electron chi connectivity index (χ1n) is 6.71. The molecule has 0 aromatic heterocycles. The number of fused-ring (bicyclic) bond motifs is 1. The molecule has 104 valence electrons. The third-order valence-corrected chi connectivity index (χ3v) is 3.66. The summed E-state index contributed by atoms with van der Waals surface area (Å²) >= 11 is 5.02. The van der Waals surface area contributed by atoms with Crippen molar-refractivity contribution in [2.45, 2.75) is 6.92 Å². The summed E-state index contributed by atoms with van der Waals surface area (Å²) in [5.41, 5.74) is 7.58. The van der Waals surface area contributed by atoms with Crippen LogP contribution in [0.4, 0.5) is 0 Å². The molecule has 2 N–H and O–H groups in total. The van der Waals surface area contributed by atoms with Gasteiger partial charge in [-0.25, -0.2) is 0 Å². The molecule has 0 spiro atoms. The van der Waals surface area contributed by atoms with Gasteiger partial charge in [0.2, 0.25) is 0 Å². The Balaban J connectivity index is 1.99. The lowest BCUT2D eigenvalue weighted by atomic mass is 10.1. The van der Waals surface area contributed by atoms with Crippen molar-refractivity contribution in [3.8, 4) is 11.5 Å². The number of ether oxygens (including phenoxy) is 1. The van der Waals surface area contributed by atoms with Crippen molar-refractivity contribution < 1.29 is 4.74 Å². The fraction of sp³-hybridized carbons (Fsp3) is 0.0556. The average molecular weight is 293 g/mol. The van der Waals surface area contributed by atoms with Gasteiger partial charge in [-0.15, -0.1) is 0 Å². The number of aryl methyl sites for hydroxylation is 1. The maximum absolute atomic E-state index is 6.02. The largest absolute Gasteiger partial charge is 0.457 e. The van der Waals surface area contributed by atoms with Gasteiger partial charge in [0, 0.05) is 10.9 Å². The maximum atomic E-state index is 6.02. The summed E-state index contributed by atoms with van der Waals surface area (Å²) in [6, 6.07) is 19.9. The van der Waals surface area contributed by atoms with Crippen LogP contribution < -0.4 is 10.5 Å². The highest BCUT2D eigenvalue weighted by Gasteiger charge is 2.06. The Morgan fingerprint density at radius 3 is 2.52 bits per heavy atom. The molecule has 0 aliphatic carbocycles. The number of hydrogen-bond acceptors (Lipinski definition) is 2. The minimum absolute atomic E-state index is 0.407. The minimum Gasteiger partial charge on any atom is -0.457 e. The van der Waals surface area contributed by atoms with Gasteiger partial charge < -0.3 is 10.5 Å². The van der Waals surface area contributed by atoms with Gasteiger partial charge in [-0.3, -0.25) is 0 Å². The summed E-state index contributed by atoms with van der Waals surface area (Å²) in [4.78, 5) is 0.407. The lowest BCUT2D eigenvalue weighted by molar-refractivity contribution is 0.488. The lowest BCUT2D eigenvalue weighted by Gasteiger charge is -2.11. The van der Waals surface area contributed by atoms with Crippen molar-refractivity contribution in [2.75, 3.05) is 0 Å². The van der Waals surface area contributed by atoms with Crippen LogP contribution in [-0.4, -0.2) is 4.99 Å². The van der Waals surface area contributed by atoms with E-state index in [0.29, 0.717) is 4.99 Å². The second kappa shape index (κ2) is 5.54. The van der Waals surface area contributed by atoms with E-state index in [2.05, 4.69) is 18.2 Å². The average Bonchev–Trinajstić information content (AvgIpc) is 2.47. The molecule has 3 aromatic rings. The number of thiocarbonyl (C=S) groups is 1. The first kappa shape index (κ1) is 13.6. The molecule has 0 atom stereocenters. The SMILES string of the molecule is Cc1cc(Oc2cccc3ccccc23)ccc1C(N)=S. The second-order valence-electron chi connectivity index (χ2n) is 4.92. The van der Waals surface area contributed by atoms with E-state index in [-0.39, 0.29) is 0 Å². The van der Waals surface area contributed by atoms with E-state index in [4.69, 9.17) is 22.7 Å². The van der Waals surface area contributed by atoms with Crippen molar-refractivity contribution in [3.05, 3.63) is 71.8 Å². The van der Waals surface area contributed by atoms with E-state index in [1.807, 2.05) is 49.4 Å². The second-order valence-corrected chi connectivity index (χ2v) is 5.36. The van der Waals surface area contributed by atoms with E-state index >= 15 is 0 Å². The molecule has 21 heavy (non-hydrogen) atoms. The van der Waals surface area contributed by atoms with Gasteiger partial charge in [0.25, 0.3) is 0 Å². The van der Waals surface area contributed by atoms with E-state index in [1.54, 1.807) is 0 Å². The van der Waals surface area contributed by atoms with Gasteiger partial charge in [0.1, 0.15) is 16.5 Å². The van der Waals surface area contributed by atoms with E-state index in [0.717, 1.165) is 33.4 Å². The molecule has 2 nitrogen and oxygen atoms in total. The Morgan fingerprint density at radius 2 is 1.76 bits per heavy atom. The lowest BCUT2D eigenvalue weighted by Crippen LogP contribution is -2.10. The van der Waals surface area contributed by atoms with Crippen molar-refractivity contribution in [1.29, 1.82) is 0 Å². The van der Waals surface area contributed by atoms with Crippen LogP contribution in [0.3, 0.4) is 0 Å². The molecule has 3 aromatic carbocycles. The highest BCUT2D eigenvalue weighted by atomic mass is 32.1. The molecule has 0 aliphatic heterocycles. The Labute approximate surface area is 129 Å². The van der Waals surface area contributed by atoms with Crippen LogP contribution in [0.2, 0.25) is 0 Å². The van der Waals surface area contributed by atoms with Gasteiger partial charge >= 0.3 is 0 Å². The summed E-state index contributed by atoms with van der Waals surface area (Å²) in [7, 11) is 0. The van der Waals surface area contributed by atoms with Crippen LogP contribution in [0.1, 0.15) is 11.1 Å². The predicted octanol–water partition coefficient (Wildman–Crippen LogP) is 4.57. The van der Waals surface area contributed by atoms with Crippen LogP contribution >= 0.6 is 12.2 Å². The normalized spacial score (nSPS) is 10.5. The summed E-state index contributed by atoms with van der Waals surface area (Å²) in [6.07, 6.45) is 0. The van der Waals surface area contributed by atoms with Crippen molar-refractivity contribution in [3.63, 3.8) is 0 Å². The summed E-state index contributed by atoms with van der Waals surface area (Å²) in [6.45, 7) is 1.98. The summed E-state index contributed by atoms with van der Waals surface area (Å²) < 4.78 is 6.02. The van der Waals surface area contributed by atoms with Crippen LogP contribution in [0, 0.1) is 6.92 Å². The van der Waals surface area contributed by atoms with Crippen molar-refractivity contribution in [2.24, 2.45) is 5.73 Å². The predicted molar refractivity (Wildman–Crippen MR) is 91.1 cm³/mol. The molecule has 3 heteroatoms. The first-order valence-corrected chi connectivity index (χ1v) is 7.12. The molecule has 0 radical (unpaired) electrons. The number of benzene rings is 3. The Bertz CT molecular complexity index is 821. The fourth-order valence-corrected chi connectivity index (χ4v) is 2.62. The molecule has 0 fully saturated rings. The highest BCUT2D eigenvalue weighted by Crippen LogP contribution is 2.30. The number of nitrogens with two attached hydrogens (primary N) is 1. The molecule has 0 heterocycles. The summed E-state index contributed by atoms with van der Waals surface area (Å²) in [5, 5.41) is 2.25. The molecule has 0 aliphatic rings. The highest BCUT2D eigenvalue weighted by molar-refractivity contribution is 7.80. The maximum Gasteiger partial charge on any atom is 0.135 e. The Morgan fingerprint density at radius 1 is 1.00 bits per heavy atom. The molecular weight excluding hydrogens is 278 g/mol. The van der Waals surface area contributed by atoms with Crippen LogP contribution in [0.5, 0.6) is 11.5 Å². The number of rotatable bonds is 3. The molecule has 0 saturated carbocycles. The summed E-state index contributed by atoms with van der Waals surface area (Å²) in [5.74, 6) is 1.62. The Kier molecular flexibility index (Phi) is 3.59. The zero-order valence-corrected chi connectivity index (χ0v) is 12.5. The zero-order chi connectivity index (χ0) is 14.8. The smallest absolute Gasteiger partial charge is 0.135 e. The van der Waals surface area contributed by atoms with Crippen molar-refractivity contribution in [1.82, 2.24) is 0 Å². The minimum atomic E-state index is 0.407. The molecular formula is C18H15NOS. The molecule has 3 rings (SSSR count). The van der Waals surface area contributed by atoms with Crippen LogP contribution in [0.25, 0.3) is 10.8 Å². The standard InChI is InChI=1S/C18H15NOS/c1-12-11-14(9-10-15(12)18(19)21)20-17-8-4-6-13-5-2-3-7-16(13)17/h2-11H,1H3,(H2,19,21). The number of hydrogen-bond donors (Lipinski definition) is 1. The molecule has 0 amide bonds. The first-order chi connectivity index (χ1) is 10.1. The molecule has 0 saturated heterocycles. The van der Waals surface area contributed by atoms with Crippen LogP contribution in [0.15, 0.2) is 60.7 Å². The van der Waals surface area contributed by atoms with Gasteiger partial charge in [-0.05, 0) is 42.1 Å². The van der Waals surface area contributed by atoms with Gasteiger partial charge in [0.05, 0.1) is 0 Å².